The molecule has 0 bridgehead atoms. The van der Waals surface area contributed by atoms with Crippen molar-refractivity contribution in [3.63, 3.8) is 0 Å². The number of hydrogen-bond acceptors (Lipinski definition) is 8. The van der Waals surface area contributed by atoms with E-state index in [9.17, 15) is 32.7 Å². The first-order valence-electron chi connectivity index (χ1n) is 19.0. The summed E-state index contributed by atoms with van der Waals surface area (Å²) in [4.78, 5) is 58.5. The second kappa shape index (κ2) is 19.5. The number of carbonyl (C=O) groups is 4. The highest BCUT2D eigenvalue weighted by molar-refractivity contribution is 7.92. The summed E-state index contributed by atoms with van der Waals surface area (Å²) in [6.45, 7) is 15.0. The summed E-state index contributed by atoms with van der Waals surface area (Å²) in [5, 5.41) is 20.2. The van der Waals surface area contributed by atoms with Crippen molar-refractivity contribution in [1.29, 1.82) is 0 Å². The SMILES string of the molecule is CCN1CCCC1N(C)C(=O)C(NC(=O)C(C)CC(O)C(CC(C)C)NC(=O)c1cc(C(=O)NC(C)c2ccccc2)cc(N(C)S(C)(=O)=O)c1)C(C)C. The van der Waals surface area contributed by atoms with Crippen LogP contribution in [0.1, 0.15) is 106 Å². The summed E-state index contributed by atoms with van der Waals surface area (Å²) < 4.78 is 26.0. The average molecular weight is 771 g/mol. The number of anilines is 1. The Hall–Kier alpha value is -4.01. The summed E-state index contributed by atoms with van der Waals surface area (Å²) in [6, 6.07) is 11.6. The van der Waals surface area contributed by atoms with Crippen molar-refractivity contribution in [2.75, 3.05) is 37.7 Å². The third-order valence-electron chi connectivity index (χ3n) is 10.3. The lowest BCUT2D eigenvalue weighted by atomic mass is 9.91. The Labute approximate surface area is 322 Å². The van der Waals surface area contributed by atoms with Crippen molar-refractivity contribution in [3.05, 3.63) is 65.2 Å². The van der Waals surface area contributed by atoms with Crippen molar-refractivity contribution >= 4 is 39.3 Å². The largest absolute Gasteiger partial charge is 0.391 e. The van der Waals surface area contributed by atoms with Gasteiger partial charge in [-0.3, -0.25) is 28.4 Å². The number of benzene rings is 2. The minimum atomic E-state index is -3.75. The molecule has 0 aromatic heterocycles. The second-order valence-electron chi connectivity index (χ2n) is 15.4. The van der Waals surface area contributed by atoms with Crippen molar-refractivity contribution in [2.45, 2.75) is 105 Å². The smallest absolute Gasteiger partial charge is 0.251 e. The van der Waals surface area contributed by atoms with Crippen LogP contribution in [0.4, 0.5) is 5.69 Å². The Morgan fingerprint density at radius 1 is 0.889 bits per heavy atom. The molecule has 2 aromatic rings. The van der Waals surface area contributed by atoms with Gasteiger partial charge in [-0.05, 0) is 74.8 Å². The van der Waals surface area contributed by atoms with Gasteiger partial charge in [-0.15, -0.1) is 0 Å². The standard InChI is InChI=1S/C40H62N6O7S/c1-11-46-19-15-18-35(46)44(8)40(51)36(26(4)5)43-37(48)27(6)21-34(47)33(20-25(2)3)42-39(50)31-22-30(23-32(24-31)45(9)54(10,52)53)38(49)41-28(7)29-16-13-12-14-17-29/h12-14,16-17,22-28,33-36,47H,11,15,18-21H2,1-10H3,(H,41,49)(H,42,50)(H,43,48). The molecule has 1 heterocycles. The molecule has 4 N–H and O–H groups in total. The summed E-state index contributed by atoms with van der Waals surface area (Å²) >= 11 is 0. The van der Waals surface area contributed by atoms with Crippen LogP contribution in [0.3, 0.4) is 0 Å². The van der Waals surface area contributed by atoms with Crippen molar-refractivity contribution in [3.8, 4) is 0 Å². The topological polar surface area (TPSA) is 168 Å². The highest BCUT2D eigenvalue weighted by Crippen LogP contribution is 2.24. The third-order valence-corrected chi connectivity index (χ3v) is 11.5. The number of rotatable bonds is 18. The average Bonchev–Trinajstić information content (AvgIpc) is 3.61. The molecule has 4 amide bonds. The van der Waals surface area contributed by atoms with E-state index in [0.29, 0.717) is 6.42 Å². The van der Waals surface area contributed by atoms with Gasteiger partial charge in [0.15, 0.2) is 0 Å². The Bertz CT molecular complexity index is 1700. The van der Waals surface area contributed by atoms with Gasteiger partial charge in [-0.25, -0.2) is 8.42 Å². The number of carbonyl (C=O) groups excluding carboxylic acids is 4. The van der Waals surface area contributed by atoms with E-state index < -0.39 is 45.9 Å². The molecule has 0 saturated carbocycles. The molecule has 6 atom stereocenters. The van der Waals surface area contributed by atoms with Crippen LogP contribution in [0.15, 0.2) is 48.5 Å². The predicted octanol–water partition coefficient (Wildman–Crippen LogP) is 4.15. The van der Waals surface area contributed by atoms with E-state index in [1.54, 1.807) is 18.9 Å². The number of aliphatic hydroxyl groups excluding tert-OH is 1. The Morgan fingerprint density at radius 2 is 1.48 bits per heavy atom. The number of likely N-dealkylation sites (N-methyl/N-ethyl adjacent to an activating group) is 1. The molecule has 2 aromatic carbocycles. The molecule has 0 aliphatic carbocycles. The van der Waals surface area contributed by atoms with Gasteiger partial charge in [0.2, 0.25) is 21.8 Å². The van der Waals surface area contributed by atoms with Gasteiger partial charge in [-0.2, -0.15) is 0 Å². The van der Waals surface area contributed by atoms with E-state index in [4.69, 9.17) is 0 Å². The molecule has 6 unspecified atom stereocenters. The van der Waals surface area contributed by atoms with Crippen molar-refractivity contribution in [1.82, 2.24) is 25.8 Å². The van der Waals surface area contributed by atoms with Crippen LogP contribution < -0.4 is 20.3 Å². The molecule has 3 rings (SSSR count). The minimum absolute atomic E-state index is 0.00642. The zero-order valence-corrected chi connectivity index (χ0v) is 34.4. The summed E-state index contributed by atoms with van der Waals surface area (Å²) in [5.41, 5.74) is 1.09. The fourth-order valence-corrected chi connectivity index (χ4v) is 7.34. The molecular weight excluding hydrogens is 709 g/mol. The van der Waals surface area contributed by atoms with E-state index in [1.807, 2.05) is 65.0 Å². The van der Waals surface area contributed by atoms with Crippen LogP contribution in [-0.4, -0.2) is 105 Å². The normalized spacial score (nSPS) is 17.7. The Kier molecular flexibility index (Phi) is 16.1. The fraction of sp³-hybridized carbons (Fsp3) is 0.600. The monoisotopic (exact) mass is 770 g/mol. The first-order valence-corrected chi connectivity index (χ1v) is 20.8. The molecule has 0 spiro atoms. The number of hydrogen-bond donors (Lipinski definition) is 4. The lowest BCUT2D eigenvalue weighted by molar-refractivity contribution is -0.141. The maximum atomic E-state index is 13.9. The number of likely N-dealkylation sites (tertiary alicyclic amines) is 1. The number of nitrogens with one attached hydrogen (secondary N) is 3. The molecule has 1 saturated heterocycles. The van der Waals surface area contributed by atoms with E-state index in [1.165, 1.54) is 25.2 Å². The van der Waals surface area contributed by atoms with Crippen LogP contribution in [0.5, 0.6) is 0 Å². The van der Waals surface area contributed by atoms with Gasteiger partial charge in [0.25, 0.3) is 11.8 Å². The van der Waals surface area contributed by atoms with Gasteiger partial charge >= 0.3 is 0 Å². The van der Waals surface area contributed by atoms with Crippen LogP contribution in [0.25, 0.3) is 0 Å². The lowest BCUT2D eigenvalue weighted by Gasteiger charge is -2.35. The van der Waals surface area contributed by atoms with Crippen molar-refractivity contribution in [2.24, 2.45) is 17.8 Å². The van der Waals surface area contributed by atoms with E-state index in [2.05, 4.69) is 27.8 Å². The number of amides is 4. The van der Waals surface area contributed by atoms with Gasteiger partial charge < -0.3 is 26.0 Å². The zero-order valence-electron chi connectivity index (χ0n) is 33.6. The highest BCUT2D eigenvalue weighted by atomic mass is 32.2. The molecule has 0 radical (unpaired) electrons. The quantitative estimate of drug-likeness (QED) is 0.176. The van der Waals surface area contributed by atoms with Gasteiger partial charge in [0, 0.05) is 37.7 Å². The maximum absolute atomic E-state index is 13.9. The molecule has 54 heavy (non-hydrogen) atoms. The summed E-state index contributed by atoms with van der Waals surface area (Å²) in [6.07, 6.45) is 2.13. The van der Waals surface area contributed by atoms with E-state index in [-0.39, 0.29) is 59.1 Å². The van der Waals surface area contributed by atoms with Gasteiger partial charge in [-0.1, -0.05) is 71.9 Å². The minimum Gasteiger partial charge on any atom is -0.391 e. The second-order valence-corrected chi connectivity index (χ2v) is 17.5. The van der Waals surface area contributed by atoms with Gasteiger partial charge in [0.05, 0.1) is 36.3 Å². The number of sulfonamides is 1. The molecule has 1 aliphatic heterocycles. The molecule has 13 nitrogen and oxygen atoms in total. The fourth-order valence-electron chi connectivity index (χ4n) is 6.85. The highest BCUT2D eigenvalue weighted by Gasteiger charge is 2.36. The number of aliphatic hydroxyl groups is 1. The molecule has 14 heteroatoms. The maximum Gasteiger partial charge on any atom is 0.251 e. The Balaban J connectivity index is 1.80. The van der Waals surface area contributed by atoms with Gasteiger partial charge in [0.1, 0.15) is 6.04 Å². The lowest BCUT2D eigenvalue weighted by Crippen LogP contribution is -2.56. The molecule has 1 aliphatic rings. The number of nitrogens with zero attached hydrogens (tertiary/aromatic N) is 3. The van der Waals surface area contributed by atoms with Crippen LogP contribution in [0.2, 0.25) is 0 Å². The summed E-state index contributed by atoms with van der Waals surface area (Å²) in [7, 11) is -0.630. The van der Waals surface area contributed by atoms with Crippen LogP contribution in [-0.2, 0) is 19.6 Å². The van der Waals surface area contributed by atoms with E-state index >= 15 is 0 Å². The van der Waals surface area contributed by atoms with E-state index in [0.717, 1.165) is 42.1 Å². The molecule has 1 fully saturated rings. The van der Waals surface area contributed by atoms with Crippen LogP contribution >= 0.6 is 0 Å². The molecular formula is C40H62N6O7S. The summed E-state index contributed by atoms with van der Waals surface area (Å²) in [5.74, 6) is -2.47. The van der Waals surface area contributed by atoms with Crippen molar-refractivity contribution < 1.29 is 32.7 Å². The Morgan fingerprint density at radius 3 is 2.02 bits per heavy atom. The van der Waals surface area contributed by atoms with Crippen LogP contribution in [0, 0.1) is 17.8 Å². The third kappa shape index (κ3) is 12.0. The first kappa shape index (κ1) is 44.4. The zero-order chi connectivity index (χ0) is 40.5. The molecule has 300 valence electrons. The predicted molar refractivity (Wildman–Crippen MR) is 212 cm³/mol. The first-order chi connectivity index (χ1) is 25.2.